The van der Waals surface area contributed by atoms with Crippen LogP contribution in [0.25, 0.3) is 11.0 Å². The van der Waals surface area contributed by atoms with Crippen LogP contribution in [-0.4, -0.2) is 45.8 Å². The summed E-state index contributed by atoms with van der Waals surface area (Å²) in [5, 5.41) is 0. The molecule has 0 radical (unpaired) electrons. The van der Waals surface area contributed by atoms with E-state index in [-0.39, 0.29) is 12.2 Å². The minimum absolute atomic E-state index is 0.0249. The van der Waals surface area contributed by atoms with Crippen LogP contribution < -0.4 is 10.5 Å². The number of benzene rings is 1. The molecular formula is C19H28N4O3. The highest BCUT2D eigenvalue weighted by atomic mass is 16.6. The first-order valence-electron chi connectivity index (χ1n) is 9.04. The normalized spacial score (nSPS) is 16.1. The molecule has 7 heteroatoms. The van der Waals surface area contributed by atoms with Gasteiger partial charge < -0.3 is 25.1 Å². The number of nitrogen functional groups attached to an aromatic ring is 1. The summed E-state index contributed by atoms with van der Waals surface area (Å²) in [6, 6.07) is 1.91. The average molecular weight is 360 g/mol. The molecule has 1 aliphatic rings. The Morgan fingerprint density at radius 2 is 1.96 bits per heavy atom. The van der Waals surface area contributed by atoms with Crippen LogP contribution in [-0.2, 0) is 4.74 Å². The third kappa shape index (κ3) is 3.86. The Labute approximate surface area is 153 Å². The maximum Gasteiger partial charge on any atom is 0.410 e. The van der Waals surface area contributed by atoms with Crippen molar-refractivity contribution >= 4 is 22.8 Å². The van der Waals surface area contributed by atoms with Crippen molar-refractivity contribution in [2.45, 2.75) is 59.2 Å². The van der Waals surface area contributed by atoms with Crippen LogP contribution in [0.3, 0.4) is 0 Å². The molecule has 0 aliphatic carbocycles. The van der Waals surface area contributed by atoms with Crippen LogP contribution in [0, 0.1) is 13.8 Å². The third-order valence-corrected chi connectivity index (χ3v) is 4.54. The number of H-pyrrole nitrogens is 1. The monoisotopic (exact) mass is 360 g/mol. The van der Waals surface area contributed by atoms with Crippen molar-refractivity contribution in [2.24, 2.45) is 0 Å². The second-order valence-electron chi connectivity index (χ2n) is 7.92. The summed E-state index contributed by atoms with van der Waals surface area (Å²) in [6.07, 6.45) is 1.26. The first kappa shape index (κ1) is 18.4. The molecule has 26 heavy (non-hydrogen) atoms. The Morgan fingerprint density at radius 1 is 1.31 bits per heavy atom. The molecule has 1 aromatic heterocycles. The number of amides is 1. The number of aromatic amines is 1. The minimum atomic E-state index is -0.478. The van der Waals surface area contributed by atoms with E-state index in [0.29, 0.717) is 24.5 Å². The highest BCUT2D eigenvalue weighted by Crippen LogP contribution is 2.33. The number of fused-ring (bicyclic) bond motifs is 1. The summed E-state index contributed by atoms with van der Waals surface area (Å²) in [5.74, 6) is 1.53. The van der Waals surface area contributed by atoms with Gasteiger partial charge in [0.25, 0.3) is 0 Å². The molecule has 3 N–H and O–H groups in total. The molecule has 2 heterocycles. The van der Waals surface area contributed by atoms with Crippen molar-refractivity contribution in [3.8, 4) is 5.75 Å². The van der Waals surface area contributed by atoms with Crippen molar-refractivity contribution in [1.82, 2.24) is 14.9 Å². The molecule has 0 atom stereocenters. The lowest BCUT2D eigenvalue weighted by Crippen LogP contribution is -2.44. The summed E-state index contributed by atoms with van der Waals surface area (Å²) < 4.78 is 11.6. The summed E-state index contributed by atoms with van der Waals surface area (Å²) in [6.45, 7) is 10.7. The molecule has 2 aromatic rings. The molecule has 0 bridgehead atoms. The van der Waals surface area contributed by atoms with Crippen molar-refractivity contribution < 1.29 is 14.3 Å². The highest BCUT2D eigenvalue weighted by molar-refractivity contribution is 5.87. The summed E-state index contributed by atoms with van der Waals surface area (Å²) in [4.78, 5) is 21.6. The number of anilines is 1. The van der Waals surface area contributed by atoms with E-state index in [2.05, 4.69) is 9.97 Å². The molecular weight excluding hydrogens is 332 g/mol. The van der Waals surface area contributed by atoms with Gasteiger partial charge in [-0.05, 0) is 34.6 Å². The maximum absolute atomic E-state index is 12.2. The van der Waals surface area contributed by atoms with Gasteiger partial charge in [-0.3, -0.25) is 0 Å². The number of aromatic nitrogens is 2. The van der Waals surface area contributed by atoms with E-state index in [1.165, 1.54) is 0 Å². The molecule has 0 spiro atoms. The number of likely N-dealkylation sites (tertiary alicyclic amines) is 1. The molecule has 0 unspecified atom stereocenters. The number of nitrogens with one attached hydrogen (secondary N) is 1. The lowest BCUT2D eigenvalue weighted by molar-refractivity contribution is 0.0127. The number of piperidine rings is 1. The maximum atomic E-state index is 12.2. The van der Waals surface area contributed by atoms with E-state index < -0.39 is 5.60 Å². The van der Waals surface area contributed by atoms with Gasteiger partial charge in [-0.25, -0.2) is 9.78 Å². The number of carbonyl (C=O) groups is 1. The number of nitrogens with zero attached hydrogens (tertiary/aromatic N) is 2. The van der Waals surface area contributed by atoms with Crippen LogP contribution in [0.15, 0.2) is 6.07 Å². The van der Waals surface area contributed by atoms with Gasteiger partial charge in [-0.1, -0.05) is 0 Å². The van der Waals surface area contributed by atoms with Gasteiger partial charge in [0, 0.05) is 37.6 Å². The Kier molecular flexibility index (Phi) is 4.73. The van der Waals surface area contributed by atoms with Crippen LogP contribution in [0.1, 0.15) is 45.0 Å². The van der Waals surface area contributed by atoms with Crippen molar-refractivity contribution in [3.63, 3.8) is 0 Å². The molecule has 0 saturated carbocycles. The number of aryl methyl sites for hydroxylation is 2. The molecule has 1 aromatic carbocycles. The number of ether oxygens (including phenoxy) is 2. The molecule has 1 fully saturated rings. The van der Waals surface area contributed by atoms with E-state index in [9.17, 15) is 4.79 Å². The van der Waals surface area contributed by atoms with Crippen LogP contribution in [0.2, 0.25) is 0 Å². The number of imidazole rings is 1. The fourth-order valence-corrected chi connectivity index (χ4v) is 3.18. The summed E-state index contributed by atoms with van der Waals surface area (Å²) in [5.41, 5.74) is 9.13. The quantitative estimate of drug-likeness (QED) is 0.799. The number of hydrogen-bond donors (Lipinski definition) is 2. The van der Waals surface area contributed by atoms with E-state index in [1.54, 1.807) is 4.90 Å². The molecule has 1 aliphatic heterocycles. The van der Waals surface area contributed by atoms with E-state index in [4.69, 9.17) is 15.2 Å². The zero-order chi connectivity index (χ0) is 19.1. The second kappa shape index (κ2) is 6.70. The lowest BCUT2D eigenvalue weighted by atomic mass is 10.1. The van der Waals surface area contributed by atoms with Gasteiger partial charge in [0.15, 0.2) is 0 Å². The Hall–Kier alpha value is -2.44. The summed E-state index contributed by atoms with van der Waals surface area (Å²) >= 11 is 0. The zero-order valence-electron chi connectivity index (χ0n) is 16.2. The largest absolute Gasteiger partial charge is 0.488 e. The SMILES string of the molecule is Cc1nc2c(C)c(N)c(OC3CCN(C(=O)OC(C)(C)C)CC3)cc2[nH]1. The summed E-state index contributed by atoms with van der Waals surface area (Å²) in [7, 11) is 0. The standard InChI is InChI=1S/C19H28N4O3/c1-11-16(20)15(10-14-17(11)22-12(2)21-14)25-13-6-8-23(9-7-13)18(24)26-19(3,4)5/h10,13H,6-9,20H2,1-5H3,(H,21,22). The van der Waals surface area contributed by atoms with Gasteiger partial charge >= 0.3 is 6.09 Å². The average Bonchev–Trinajstić information content (AvgIpc) is 2.92. The third-order valence-electron chi connectivity index (χ3n) is 4.54. The predicted octanol–water partition coefficient (Wildman–Crippen LogP) is 3.54. The lowest BCUT2D eigenvalue weighted by Gasteiger charge is -2.33. The molecule has 1 saturated heterocycles. The Morgan fingerprint density at radius 3 is 2.58 bits per heavy atom. The topological polar surface area (TPSA) is 93.5 Å². The molecule has 1 amide bonds. The van der Waals surface area contributed by atoms with E-state index in [1.807, 2.05) is 40.7 Å². The minimum Gasteiger partial charge on any atom is -0.488 e. The number of rotatable bonds is 2. The smallest absolute Gasteiger partial charge is 0.410 e. The fourth-order valence-electron chi connectivity index (χ4n) is 3.18. The van der Waals surface area contributed by atoms with Gasteiger partial charge in [-0.15, -0.1) is 0 Å². The molecule has 142 valence electrons. The number of nitrogens with two attached hydrogens (primary N) is 1. The van der Waals surface area contributed by atoms with Gasteiger partial charge in [0.1, 0.15) is 23.3 Å². The van der Waals surface area contributed by atoms with Gasteiger partial charge in [0.2, 0.25) is 0 Å². The zero-order valence-corrected chi connectivity index (χ0v) is 16.2. The van der Waals surface area contributed by atoms with Gasteiger partial charge in [0.05, 0.1) is 16.7 Å². The van der Waals surface area contributed by atoms with Crippen molar-refractivity contribution in [3.05, 3.63) is 17.5 Å². The number of carbonyl (C=O) groups excluding carboxylic acids is 1. The van der Waals surface area contributed by atoms with E-state index >= 15 is 0 Å². The van der Waals surface area contributed by atoms with Gasteiger partial charge in [-0.2, -0.15) is 0 Å². The fraction of sp³-hybridized carbons (Fsp3) is 0.579. The van der Waals surface area contributed by atoms with Crippen molar-refractivity contribution in [2.75, 3.05) is 18.8 Å². The first-order chi connectivity index (χ1) is 12.1. The highest BCUT2D eigenvalue weighted by Gasteiger charge is 2.28. The second-order valence-corrected chi connectivity index (χ2v) is 7.92. The van der Waals surface area contributed by atoms with E-state index in [0.717, 1.165) is 35.3 Å². The Balaban J connectivity index is 1.66. The molecule has 7 nitrogen and oxygen atoms in total. The number of hydrogen-bond acceptors (Lipinski definition) is 5. The Bertz CT molecular complexity index is 814. The van der Waals surface area contributed by atoms with Crippen LogP contribution >= 0.6 is 0 Å². The van der Waals surface area contributed by atoms with Crippen LogP contribution in [0.5, 0.6) is 5.75 Å². The molecule has 3 rings (SSSR count). The first-order valence-corrected chi connectivity index (χ1v) is 9.04. The predicted molar refractivity (Wildman–Crippen MR) is 101 cm³/mol. The van der Waals surface area contributed by atoms with Crippen LogP contribution in [0.4, 0.5) is 10.5 Å². The van der Waals surface area contributed by atoms with Crippen molar-refractivity contribution in [1.29, 1.82) is 0 Å².